The van der Waals surface area contributed by atoms with Crippen LogP contribution in [0.1, 0.15) is 15.9 Å². The summed E-state index contributed by atoms with van der Waals surface area (Å²) in [5, 5.41) is 9.30. The summed E-state index contributed by atoms with van der Waals surface area (Å²) < 4.78 is 32.2. The summed E-state index contributed by atoms with van der Waals surface area (Å²) in [6.07, 6.45) is 0. The van der Waals surface area contributed by atoms with Crippen molar-refractivity contribution in [2.24, 2.45) is 0 Å². The molecular formula is C15H14ClNO5S. The second-order valence-corrected chi connectivity index (χ2v) is 6.82. The van der Waals surface area contributed by atoms with E-state index in [0.29, 0.717) is 11.3 Å². The number of carbonyl (C=O) groups is 1. The van der Waals surface area contributed by atoms with Crippen LogP contribution in [0.5, 0.6) is 5.75 Å². The molecule has 23 heavy (non-hydrogen) atoms. The molecule has 122 valence electrons. The molecule has 0 aliphatic heterocycles. The lowest BCUT2D eigenvalue weighted by atomic mass is 10.1. The molecule has 0 aromatic heterocycles. The first-order valence-corrected chi connectivity index (χ1v) is 8.31. The molecule has 0 heterocycles. The third kappa shape index (κ3) is 3.75. The van der Waals surface area contributed by atoms with E-state index in [-0.39, 0.29) is 21.2 Å². The van der Waals surface area contributed by atoms with Gasteiger partial charge < -0.3 is 9.84 Å². The van der Waals surface area contributed by atoms with Gasteiger partial charge in [-0.25, -0.2) is 13.2 Å². The monoisotopic (exact) mass is 355 g/mol. The molecule has 8 heteroatoms. The number of aromatic carboxylic acids is 1. The van der Waals surface area contributed by atoms with Crippen molar-refractivity contribution >= 4 is 33.3 Å². The van der Waals surface area contributed by atoms with Gasteiger partial charge in [-0.2, -0.15) is 0 Å². The van der Waals surface area contributed by atoms with E-state index in [2.05, 4.69) is 4.72 Å². The lowest BCUT2D eigenvalue weighted by molar-refractivity contribution is 0.0696. The van der Waals surface area contributed by atoms with Gasteiger partial charge in [-0.3, -0.25) is 4.72 Å². The predicted octanol–water partition coefficient (Wildman–Crippen LogP) is 3.16. The first kappa shape index (κ1) is 17.1. The minimum absolute atomic E-state index is 0.0791. The van der Waals surface area contributed by atoms with Gasteiger partial charge in [-0.1, -0.05) is 17.7 Å². The first-order valence-electron chi connectivity index (χ1n) is 6.45. The van der Waals surface area contributed by atoms with E-state index in [1.54, 1.807) is 13.0 Å². The van der Waals surface area contributed by atoms with Gasteiger partial charge in [-0.05, 0) is 36.8 Å². The van der Waals surface area contributed by atoms with Gasteiger partial charge in [0.2, 0.25) is 0 Å². The molecule has 0 fully saturated rings. The van der Waals surface area contributed by atoms with Gasteiger partial charge in [0.15, 0.2) is 0 Å². The van der Waals surface area contributed by atoms with E-state index < -0.39 is 16.0 Å². The van der Waals surface area contributed by atoms with E-state index in [1.165, 1.54) is 31.4 Å². The van der Waals surface area contributed by atoms with Crippen molar-refractivity contribution in [2.45, 2.75) is 11.8 Å². The maximum Gasteiger partial charge on any atom is 0.335 e. The number of ether oxygens (including phenoxy) is 1. The van der Waals surface area contributed by atoms with Gasteiger partial charge in [0.1, 0.15) is 5.75 Å². The molecule has 0 unspecified atom stereocenters. The molecule has 2 rings (SSSR count). The van der Waals surface area contributed by atoms with Gasteiger partial charge in [0.25, 0.3) is 10.0 Å². The van der Waals surface area contributed by atoms with Crippen LogP contribution >= 0.6 is 11.6 Å². The van der Waals surface area contributed by atoms with Crippen LogP contribution < -0.4 is 9.46 Å². The number of hydrogen-bond acceptors (Lipinski definition) is 4. The van der Waals surface area contributed by atoms with Crippen LogP contribution in [0, 0.1) is 6.92 Å². The molecule has 0 spiro atoms. The second kappa shape index (κ2) is 6.47. The predicted molar refractivity (Wildman–Crippen MR) is 87.0 cm³/mol. The lowest BCUT2D eigenvalue weighted by Gasteiger charge is -2.12. The first-order chi connectivity index (χ1) is 10.7. The van der Waals surface area contributed by atoms with Crippen molar-refractivity contribution in [2.75, 3.05) is 11.8 Å². The number of carboxylic acids is 1. The summed E-state index contributed by atoms with van der Waals surface area (Å²) in [5.41, 5.74) is 0.531. The Kier molecular flexibility index (Phi) is 4.82. The van der Waals surface area contributed by atoms with Crippen molar-refractivity contribution in [3.05, 3.63) is 52.5 Å². The van der Waals surface area contributed by atoms with E-state index in [4.69, 9.17) is 21.4 Å². The third-order valence-electron chi connectivity index (χ3n) is 3.17. The summed E-state index contributed by atoms with van der Waals surface area (Å²) >= 11 is 5.98. The zero-order chi connectivity index (χ0) is 17.2. The Morgan fingerprint density at radius 1 is 1.22 bits per heavy atom. The van der Waals surface area contributed by atoms with Crippen molar-refractivity contribution in [1.29, 1.82) is 0 Å². The van der Waals surface area contributed by atoms with Crippen LogP contribution in [0.4, 0.5) is 5.69 Å². The average Bonchev–Trinajstić information content (AvgIpc) is 2.49. The van der Waals surface area contributed by atoms with Crippen molar-refractivity contribution in [3.8, 4) is 5.75 Å². The molecule has 0 saturated carbocycles. The molecule has 0 amide bonds. The van der Waals surface area contributed by atoms with Crippen LogP contribution in [0.2, 0.25) is 5.02 Å². The Bertz CT molecular complexity index is 864. The van der Waals surface area contributed by atoms with Crippen LogP contribution in [-0.2, 0) is 10.0 Å². The zero-order valence-corrected chi connectivity index (χ0v) is 13.9. The maximum atomic E-state index is 12.4. The summed E-state index contributed by atoms with van der Waals surface area (Å²) in [6, 6.07) is 8.40. The third-order valence-corrected chi connectivity index (χ3v) is 4.86. The van der Waals surface area contributed by atoms with Gasteiger partial charge >= 0.3 is 5.97 Å². The second-order valence-electron chi connectivity index (χ2n) is 4.73. The van der Waals surface area contributed by atoms with Crippen molar-refractivity contribution < 1.29 is 23.1 Å². The standard InChI is InChI=1S/C15H14ClNO5S/c1-9-3-5-11(8-12(9)15(18)19)23(20,21)17-14-7-10(22-2)4-6-13(14)16/h3-8,17H,1-2H3,(H,18,19). The van der Waals surface area contributed by atoms with Crippen LogP contribution in [0.25, 0.3) is 0 Å². The van der Waals surface area contributed by atoms with E-state index in [1.807, 2.05) is 0 Å². The number of methoxy groups -OCH3 is 1. The summed E-state index contributed by atoms with van der Waals surface area (Å²) in [5.74, 6) is -0.763. The Balaban J connectivity index is 2.44. The summed E-state index contributed by atoms with van der Waals surface area (Å²) in [4.78, 5) is 11.0. The molecular weight excluding hydrogens is 342 g/mol. The molecule has 0 aliphatic carbocycles. The highest BCUT2D eigenvalue weighted by molar-refractivity contribution is 7.92. The lowest BCUT2D eigenvalue weighted by Crippen LogP contribution is -2.14. The molecule has 0 saturated heterocycles. The molecule has 2 N–H and O–H groups in total. The fourth-order valence-electron chi connectivity index (χ4n) is 1.91. The molecule has 0 atom stereocenters. The molecule has 2 aromatic carbocycles. The SMILES string of the molecule is COc1ccc(Cl)c(NS(=O)(=O)c2ccc(C)c(C(=O)O)c2)c1. The minimum Gasteiger partial charge on any atom is -0.497 e. The molecule has 0 radical (unpaired) electrons. The average molecular weight is 356 g/mol. The highest BCUT2D eigenvalue weighted by Crippen LogP contribution is 2.29. The van der Waals surface area contributed by atoms with E-state index >= 15 is 0 Å². The number of sulfonamides is 1. The number of aryl methyl sites for hydroxylation is 1. The molecule has 0 aliphatic rings. The van der Waals surface area contributed by atoms with E-state index in [9.17, 15) is 13.2 Å². The van der Waals surface area contributed by atoms with Crippen LogP contribution in [-0.4, -0.2) is 26.6 Å². The number of hydrogen-bond donors (Lipinski definition) is 2. The Labute approximate surface area is 138 Å². The number of rotatable bonds is 5. The highest BCUT2D eigenvalue weighted by Gasteiger charge is 2.19. The van der Waals surface area contributed by atoms with E-state index in [0.717, 1.165) is 6.07 Å². The Morgan fingerprint density at radius 2 is 1.91 bits per heavy atom. The molecule has 6 nitrogen and oxygen atoms in total. The highest BCUT2D eigenvalue weighted by atomic mass is 35.5. The molecule has 0 bridgehead atoms. The quantitative estimate of drug-likeness (QED) is 0.859. The van der Waals surface area contributed by atoms with Crippen LogP contribution in [0.15, 0.2) is 41.3 Å². The molecule has 2 aromatic rings. The largest absolute Gasteiger partial charge is 0.497 e. The number of benzene rings is 2. The zero-order valence-electron chi connectivity index (χ0n) is 12.3. The van der Waals surface area contributed by atoms with Crippen LogP contribution in [0.3, 0.4) is 0 Å². The Morgan fingerprint density at radius 3 is 2.52 bits per heavy atom. The van der Waals surface area contributed by atoms with Crippen molar-refractivity contribution in [3.63, 3.8) is 0 Å². The number of nitrogens with one attached hydrogen (secondary N) is 1. The fourth-order valence-corrected chi connectivity index (χ4v) is 3.23. The van der Waals surface area contributed by atoms with Gasteiger partial charge in [0.05, 0.1) is 28.3 Å². The maximum absolute atomic E-state index is 12.4. The normalized spacial score (nSPS) is 11.1. The topological polar surface area (TPSA) is 92.7 Å². The van der Waals surface area contributed by atoms with Gasteiger partial charge in [0, 0.05) is 6.07 Å². The number of halogens is 1. The number of anilines is 1. The minimum atomic E-state index is -3.99. The summed E-state index contributed by atoms with van der Waals surface area (Å²) in [6.45, 7) is 1.59. The fraction of sp³-hybridized carbons (Fsp3) is 0.133. The number of carboxylic acid groups (broad SMARTS) is 1. The summed E-state index contributed by atoms with van der Waals surface area (Å²) in [7, 11) is -2.54. The van der Waals surface area contributed by atoms with Crippen molar-refractivity contribution in [1.82, 2.24) is 0 Å². The Hall–Kier alpha value is -2.25. The smallest absolute Gasteiger partial charge is 0.335 e. The van der Waals surface area contributed by atoms with Gasteiger partial charge in [-0.15, -0.1) is 0 Å².